The van der Waals surface area contributed by atoms with E-state index in [4.69, 9.17) is 4.74 Å². The fourth-order valence-corrected chi connectivity index (χ4v) is 1.14. The van der Waals surface area contributed by atoms with Gasteiger partial charge in [0.05, 0.1) is 0 Å². The monoisotopic (exact) mass is 197 g/mol. The standard InChI is InChI=1S/C11H16FNO/c1-3-13-6-7-14-11-8-10(12)5-4-9(11)2/h4-5,8,13H,3,6-7H2,1-2H3. The van der Waals surface area contributed by atoms with Gasteiger partial charge in [-0.3, -0.25) is 0 Å². The van der Waals surface area contributed by atoms with Gasteiger partial charge in [0.25, 0.3) is 0 Å². The first-order valence-corrected chi connectivity index (χ1v) is 4.83. The van der Waals surface area contributed by atoms with Crippen molar-refractivity contribution in [2.75, 3.05) is 19.7 Å². The summed E-state index contributed by atoms with van der Waals surface area (Å²) in [7, 11) is 0. The number of aryl methyl sites for hydroxylation is 1. The summed E-state index contributed by atoms with van der Waals surface area (Å²) in [4.78, 5) is 0. The number of nitrogens with one attached hydrogen (secondary N) is 1. The molecule has 0 fully saturated rings. The van der Waals surface area contributed by atoms with E-state index in [0.29, 0.717) is 12.4 Å². The van der Waals surface area contributed by atoms with Crippen LogP contribution < -0.4 is 10.1 Å². The maximum atomic E-state index is 12.8. The van der Waals surface area contributed by atoms with Crippen LogP contribution in [0.5, 0.6) is 5.75 Å². The van der Waals surface area contributed by atoms with Gasteiger partial charge >= 0.3 is 0 Å². The highest BCUT2D eigenvalue weighted by Crippen LogP contribution is 2.18. The van der Waals surface area contributed by atoms with Crippen LogP contribution >= 0.6 is 0 Å². The number of hydrogen-bond donors (Lipinski definition) is 1. The lowest BCUT2D eigenvalue weighted by Crippen LogP contribution is -2.20. The van der Waals surface area contributed by atoms with Crippen molar-refractivity contribution in [3.05, 3.63) is 29.6 Å². The van der Waals surface area contributed by atoms with E-state index in [1.807, 2.05) is 13.8 Å². The van der Waals surface area contributed by atoms with Crippen LogP contribution in [0.25, 0.3) is 0 Å². The van der Waals surface area contributed by atoms with Crippen molar-refractivity contribution in [3.63, 3.8) is 0 Å². The molecule has 2 nitrogen and oxygen atoms in total. The first-order chi connectivity index (χ1) is 6.74. The molecule has 14 heavy (non-hydrogen) atoms. The van der Waals surface area contributed by atoms with Crippen molar-refractivity contribution in [1.29, 1.82) is 0 Å². The molecule has 0 radical (unpaired) electrons. The second kappa shape index (κ2) is 5.60. The highest BCUT2D eigenvalue weighted by atomic mass is 19.1. The van der Waals surface area contributed by atoms with Crippen molar-refractivity contribution in [2.24, 2.45) is 0 Å². The molecular formula is C11H16FNO. The third-order valence-electron chi connectivity index (χ3n) is 1.94. The van der Waals surface area contributed by atoms with E-state index >= 15 is 0 Å². The molecule has 0 atom stereocenters. The normalized spacial score (nSPS) is 10.2. The highest BCUT2D eigenvalue weighted by molar-refractivity contribution is 5.32. The van der Waals surface area contributed by atoms with Crippen molar-refractivity contribution < 1.29 is 9.13 Å². The molecule has 0 saturated heterocycles. The average Bonchev–Trinajstić information content (AvgIpc) is 2.18. The summed E-state index contributed by atoms with van der Waals surface area (Å²) in [5, 5.41) is 3.13. The van der Waals surface area contributed by atoms with Gasteiger partial charge in [-0.1, -0.05) is 13.0 Å². The Balaban J connectivity index is 2.45. The summed E-state index contributed by atoms with van der Waals surface area (Å²) in [6.45, 7) is 6.21. The van der Waals surface area contributed by atoms with Crippen LogP contribution in [0.15, 0.2) is 18.2 Å². The van der Waals surface area contributed by atoms with Crippen molar-refractivity contribution in [2.45, 2.75) is 13.8 Å². The maximum absolute atomic E-state index is 12.8. The van der Waals surface area contributed by atoms with Crippen LogP contribution in [0.3, 0.4) is 0 Å². The van der Waals surface area contributed by atoms with Gasteiger partial charge in [-0.05, 0) is 25.1 Å². The van der Waals surface area contributed by atoms with Crippen molar-refractivity contribution >= 4 is 0 Å². The molecule has 0 amide bonds. The van der Waals surface area contributed by atoms with E-state index < -0.39 is 0 Å². The lowest BCUT2D eigenvalue weighted by molar-refractivity contribution is 0.312. The molecule has 0 aliphatic rings. The number of likely N-dealkylation sites (N-methyl/N-ethyl adjacent to an activating group) is 1. The smallest absolute Gasteiger partial charge is 0.126 e. The van der Waals surface area contributed by atoms with Crippen LogP contribution in [0.4, 0.5) is 4.39 Å². The predicted molar refractivity (Wildman–Crippen MR) is 55.2 cm³/mol. The maximum Gasteiger partial charge on any atom is 0.126 e. The molecule has 0 aliphatic carbocycles. The zero-order chi connectivity index (χ0) is 10.4. The molecule has 78 valence electrons. The summed E-state index contributed by atoms with van der Waals surface area (Å²) in [5.41, 5.74) is 0.961. The topological polar surface area (TPSA) is 21.3 Å². The molecule has 1 N–H and O–H groups in total. The quantitative estimate of drug-likeness (QED) is 0.730. The Labute approximate surface area is 84.1 Å². The SMILES string of the molecule is CCNCCOc1cc(F)ccc1C. The van der Waals surface area contributed by atoms with Gasteiger partial charge in [0.1, 0.15) is 18.2 Å². The Bertz CT molecular complexity index is 289. The number of benzene rings is 1. The Kier molecular flexibility index (Phi) is 4.40. The van der Waals surface area contributed by atoms with Crippen LogP contribution in [0.1, 0.15) is 12.5 Å². The Morgan fingerprint density at radius 3 is 2.93 bits per heavy atom. The first kappa shape index (κ1) is 11.0. The number of ether oxygens (including phenoxy) is 1. The van der Waals surface area contributed by atoms with Gasteiger partial charge in [0.15, 0.2) is 0 Å². The summed E-state index contributed by atoms with van der Waals surface area (Å²) >= 11 is 0. The van der Waals surface area contributed by atoms with Crippen LogP contribution in [0, 0.1) is 12.7 Å². The summed E-state index contributed by atoms with van der Waals surface area (Å²) < 4.78 is 18.2. The molecule has 1 aromatic rings. The largest absolute Gasteiger partial charge is 0.492 e. The van der Waals surface area contributed by atoms with Gasteiger partial charge < -0.3 is 10.1 Å². The average molecular weight is 197 g/mol. The third-order valence-corrected chi connectivity index (χ3v) is 1.94. The highest BCUT2D eigenvalue weighted by Gasteiger charge is 2.00. The number of halogens is 1. The lowest BCUT2D eigenvalue weighted by atomic mass is 10.2. The van der Waals surface area contributed by atoms with E-state index in [2.05, 4.69) is 5.32 Å². The minimum Gasteiger partial charge on any atom is -0.492 e. The molecule has 1 rings (SSSR count). The molecule has 0 aromatic heterocycles. The van der Waals surface area contributed by atoms with Crippen LogP contribution in [-0.2, 0) is 0 Å². The fourth-order valence-electron chi connectivity index (χ4n) is 1.14. The van der Waals surface area contributed by atoms with Gasteiger partial charge in [0.2, 0.25) is 0 Å². The van der Waals surface area contributed by atoms with Crippen molar-refractivity contribution in [1.82, 2.24) is 5.32 Å². The molecule has 0 unspecified atom stereocenters. The van der Waals surface area contributed by atoms with Gasteiger partial charge in [-0.2, -0.15) is 0 Å². The summed E-state index contributed by atoms with van der Waals surface area (Å²) in [6, 6.07) is 4.58. The third kappa shape index (κ3) is 3.34. The summed E-state index contributed by atoms with van der Waals surface area (Å²) in [5.74, 6) is 0.372. The number of rotatable bonds is 5. The van der Waals surface area contributed by atoms with E-state index in [1.54, 1.807) is 6.07 Å². The lowest BCUT2D eigenvalue weighted by Gasteiger charge is -2.08. The van der Waals surface area contributed by atoms with Gasteiger partial charge in [0, 0.05) is 12.6 Å². The zero-order valence-corrected chi connectivity index (χ0v) is 8.64. The minimum atomic E-state index is -0.256. The van der Waals surface area contributed by atoms with E-state index in [0.717, 1.165) is 18.7 Å². The second-order valence-corrected chi connectivity index (χ2v) is 3.11. The molecular weight excluding hydrogens is 181 g/mol. The molecule has 0 heterocycles. The minimum absolute atomic E-state index is 0.256. The van der Waals surface area contributed by atoms with Gasteiger partial charge in [-0.25, -0.2) is 4.39 Å². The molecule has 3 heteroatoms. The molecule has 1 aromatic carbocycles. The zero-order valence-electron chi connectivity index (χ0n) is 8.64. The van der Waals surface area contributed by atoms with E-state index in [-0.39, 0.29) is 5.82 Å². The molecule has 0 bridgehead atoms. The molecule has 0 saturated carbocycles. The van der Waals surface area contributed by atoms with E-state index in [1.165, 1.54) is 12.1 Å². The Morgan fingerprint density at radius 2 is 2.21 bits per heavy atom. The van der Waals surface area contributed by atoms with E-state index in [9.17, 15) is 4.39 Å². The van der Waals surface area contributed by atoms with Crippen molar-refractivity contribution in [3.8, 4) is 5.75 Å². The second-order valence-electron chi connectivity index (χ2n) is 3.11. The van der Waals surface area contributed by atoms with Crippen LogP contribution in [-0.4, -0.2) is 19.7 Å². The molecule has 0 aliphatic heterocycles. The Hall–Kier alpha value is -1.09. The first-order valence-electron chi connectivity index (χ1n) is 4.83. The summed E-state index contributed by atoms with van der Waals surface area (Å²) in [6.07, 6.45) is 0. The van der Waals surface area contributed by atoms with Gasteiger partial charge in [-0.15, -0.1) is 0 Å². The number of hydrogen-bond acceptors (Lipinski definition) is 2. The predicted octanol–water partition coefficient (Wildman–Crippen LogP) is 2.12. The fraction of sp³-hybridized carbons (Fsp3) is 0.455. The van der Waals surface area contributed by atoms with Crippen LogP contribution in [0.2, 0.25) is 0 Å². The molecule has 0 spiro atoms. The Morgan fingerprint density at radius 1 is 1.43 bits per heavy atom.